The normalized spacial score (nSPS) is 9.74. The number of hydrogen-bond acceptors (Lipinski definition) is 3. The molecular weight excluding hydrogens is 258 g/mol. The molecule has 0 unspecified atom stereocenters. The number of Topliss-reactive ketones (excluding diaryl/α,β-unsaturated/α-hetero) is 1. The number of carbonyl (C=O) groups excluding carboxylic acids is 1. The zero-order valence-electron chi connectivity index (χ0n) is 10.4. The maximum atomic E-state index is 11.3. The van der Waals surface area contributed by atoms with Gasteiger partial charge in [-0.1, -0.05) is 18.2 Å². The molecule has 0 atom stereocenters. The lowest BCUT2D eigenvalue weighted by Gasteiger charge is -2.10. The van der Waals surface area contributed by atoms with Crippen molar-refractivity contribution in [2.24, 2.45) is 0 Å². The minimum Gasteiger partial charge on any atom is -0.332 e. The van der Waals surface area contributed by atoms with Crippen molar-refractivity contribution in [2.45, 2.75) is 6.92 Å². The number of anilines is 2. The molecule has 0 aliphatic rings. The summed E-state index contributed by atoms with van der Waals surface area (Å²) < 4.78 is 0. The lowest BCUT2D eigenvalue weighted by atomic mass is 10.1. The number of ketones is 1. The van der Waals surface area contributed by atoms with Gasteiger partial charge in [-0.2, -0.15) is 0 Å². The number of benzene rings is 1. The van der Waals surface area contributed by atoms with Crippen LogP contribution in [0, 0.1) is 0 Å². The predicted molar refractivity (Wildman–Crippen MR) is 80.5 cm³/mol. The van der Waals surface area contributed by atoms with Crippen molar-refractivity contribution in [3.8, 4) is 0 Å². The number of thiocarbonyl (C=S) groups is 1. The van der Waals surface area contributed by atoms with E-state index in [2.05, 4.69) is 15.6 Å². The van der Waals surface area contributed by atoms with Crippen LogP contribution in [0.1, 0.15) is 17.3 Å². The summed E-state index contributed by atoms with van der Waals surface area (Å²) in [6.45, 7) is 1.53. The average molecular weight is 271 g/mol. The van der Waals surface area contributed by atoms with E-state index in [4.69, 9.17) is 12.2 Å². The van der Waals surface area contributed by atoms with Crippen LogP contribution in [0.3, 0.4) is 0 Å². The van der Waals surface area contributed by atoms with Gasteiger partial charge in [-0.05, 0) is 43.4 Å². The standard InChI is InChI=1S/C14H13N3OS/c1-10(18)11-5-4-6-12(9-11)16-14(19)17-13-7-2-3-8-15-13/h2-9H,1H3,(H2,15,16,17,19). The Labute approximate surface area is 116 Å². The second-order valence-corrected chi connectivity index (χ2v) is 4.34. The molecule has 96 valence electrons. The van der Waals surface area contributed by atoms with E-state index >= 15 is 0 Å². The second kappa shape index (κ2) is 6.06. The molecular formula is C14H13N3OS. The van der Waals surface area contributed by atoms with Gasteiger partial charge in [-0.25, -0.2) is 4.98 Å². The molecule has 0 fully saturated rings. The topological polar surface area (TPSA) is 54.0 Å². The highest BCUT2D eigenvalue weighted by Gasteiger charge is 2.02. The highest BCUT2D eigenvalue weighted by atomic mass is 32.1. The molecule has 0 spiro atoms. The van der Waals surface area contributed by atoms with E-state index in [9.17, 15) is 4.79 Å². The Kier molecular flexibility index (Phi) is 4.20. The lowest BCUT2D eigenvalue weighted by Crippen LogP contribution is -2.19. The molecule has 2 aromatic rings. The van der Waals surface area contributed by atoms with Gasteiger partial charge in [0.05, 0.1) is 0 Å². The van der Waals surface area contributed by atoms with Crippen molar-refractivity contribution in [1.29, 1.82) is 0 Å². The average Bonchev–Trinajstić information content (AvgIpc) is 2.40. The SMILES string of the molecule is CC(=O)c1cccc(NC(=S)Nc2ccccn2)c1. The van der Waals surface area contributed by atoms with E-state index in [0.717, 1.165) is 5.69 Å². The van der Waals surface area contributed by atoms with Crippen LogP contribution in [0.2, 0.25) is 0 Å². The summed E-state index contributed by atoms with van der Waals surface area (Å²) in [5.41, 5.74) is 1.41. The molecule has 2 rings (SSSR count). The molecule has 4 nitrogen and oxygen atoms in total. The zero-order valence-corrected chi connectivity index (χ0v) is 11.2. The molecule has 0 saturated heterocycles. The van der Waals surface area contributed by atoms with Crippen molar-refractivity contribution in [1.82, 2.24) is 4.98 Å². The van der Waals surface area contributed by atoms with Crippen LogP contribution in [0.15, 0.2) is 48.7 Å². The fraction of sp³-hybridized carbons (Fsp3) is 0.0714. The maximum Gasteiger partial charge on any atom is 0.176 e. The number of pyridine rings is 1. The molecule has 1 aromatic carbocycles. The number of aromatic nitrogens is 1. The highest BCUT2D eigenvalue weighted by Crippen LogP contribution is 2.12. The van der Waals surface area contributed by atoms with Crippen LogP contribution in [0.25, 0.3) is 0 Å². The monoisotopic (exact) mass is 271 g/mol. The van der Waals surface area contributed by atoms with Gasteiger partial charge in [-0.15, -0.1) is 0 Å². The largest absolute Gasteiger partial charge is 0.332 e. The summed E-state index contributed by atoms with van der Waals surface area (Å²) in [5.74, 6) is 0.690. The van der Waals surface area contributed by atoms with E-state index in [0.29, 0.717) is 16.5 Å². The van der Waals surface area contributed by atoms with Gasteiger partial charge in [-0.3, -0.25) is 4.79 Å². The Morgan fingerprint density at radius 2 is 2.00 bits per heavy atom. The van der Waals surface area contributed by atoms with Crippen molar-refractivity contribution in [2.75, 3.05) is 10.6 Å². The fourth-order valence-electron chi connectivity index (χ4n) is 1.53. The molecule has 5 heteroatoms. The van der Waals surface area contributed by atoms with Crippen LogP contribution < -0.4 is 10.6 Å². The van der Waals surface area contributed by atoms with Crippen LogP contribution in [0.5, 0.6) is 0 Å². The third-order valence-electron chi connectivity index (χ3n) is 2.43. The molecule has 1 heterocycles. The molecule has 0 saturated carbocycles. The fourth-order valence-corrected chi connectivity index (χ4v) is 1.75. The molecule has 1 aromatic heterocycles. The summed E-state index contributed by atoms with van der Waals surface area (Å²) in [6.07, 6.45) is 1.68. The van der Waals surface area contributed by atoms with Crippen molar-refractivity contribution < 1.29 is 4.79 Å². The summed E-state index contributed by atoms with van der Waals surface area (Å²) in [6, 6.07) is 12.7. The van der Waals surface area contributed by atoms with Crippen LogP contribution >= 0.6 is 12.2 Å². The van der Waals surface area contributed by atoms with E-state index in [-0.39, 0.29) is 5.78 Å². The molecule has 0 aliphatic heterocycles. The van der Waals surface area contributed by atoms with Gasteiger partial charge in [0.1, 0.15) is 5.82 Å². The van der Waals surface area contributed by atoms with E-state index < -0.39 is 0 Å². The van der Waals surface area contributed by atoms with Gasteiger partial charge in [0, 0.05) is 17.4 Å². The zero-order chi connectivity index (χ0) is 13.7. The molecule has 2 N–H and O–H groups in total. The van der Waals surface area contributed by atoms with Gasteiger partial charge < -0.3 is 10.6 Å². The minimum absolute atomic E-state index is 0.0206. The Hall–Kier alpha value is -2.27. The molecule has 19 heavy (non-hydrogen) atoms. The smallest absolute Gasteiger partial charge is 0.176 e. The first-order valence-corrected chi connectivity index (χ1v) is 6.16. The van der Waals surface area contributed by atoms with Crippen LogP contribution in [-0.2, 0) is 0 Å². The third-order valence-corrected chi connectivity index (χ3v) is 2.64. The Morgan fingerprint density at radius 3 is 2.68 bits per heavy atom. The van der Waals surface area contributed by atoms with E-state index in [1.165, 1.54) is 6.92 Å². The first-order valence-electron chi connectivity index (χ1n) is 5.75. The minimum atomic E-state index is 0.0206. The molecule has 0 radical (unpaired) electrons. The number of hydrogen-bond donors (Lipinski definition) is 2. The van der Waals surface area contributed by atoms with E-state index in [1.54, 1.807) is 18.3 Å². The van der Waals surface area contributed by atoms with Crippen molar-refractivity contribution in [3.63, 3.8) is 0 Å². The van der Waals surface area contributed by atoms with Gasteiger partial charge in [0.2, 0.25) is 0 Å². The number of nitrogens with zero attached hydrogens (tertiary/aromatic N) is 1. The second-order valence-electron chi connectivity index (χ2n) is 3.93. The predicted octanol–water partition coefficient (Wildman–Crippen LogP) is 3.09. The number of carbonyl (C=O) groups is 1. The first kappa shape index (κ1) is 13.2. The van der Waals surface area contributed by atoms with Gasteiger partial charge in [0.25, 0.3) is 0 Å². The maximum absolute atomic E-state index is 11.3. The number of nitrogens with one attached hydrogen (secondary N) is 2. The summed E-state index contributed by atoms with van der Waals surface area (Å²) in [5, 5.41) is 6.41. The van der Waals surface area contributed by atoms with E-state index in [1.807, 2.05) is 30.3 Å². The Bertz CT molecular complexity index is 599. The Balaban J connectivity index is 2.03. The van der Waals surface area contributed by atoms with Gasteiger partial charge >= 0.3 is 0 Å². The molecule has 0 amide bonds. The lowest BCUT2D eigenvalue weighted by molar-refractivity contribution is 0.101. The van der Waals surface area contributed by atoms with Gasteiger partial charge in [0.15, 0.2) is 10.9 Å². The van der Waals surface area contributed by atoms with Crippen molar-refractivity contribution in [3.05, 3.63) is 54.2 Å². The van der Waals surface area contributed by atoms with Crippen LogP contribution in [0.4, 0.5) is 11.5 Å². The third kappa shape index (κ3) is 3.86. The first-order chi connectivity index (χ1) is 9.15. The molecule has 0 bridgehead atoms. The molecule has 0 aliphatic carbocycles. The quantitative estimate of drug-likeness (QED) is 0.663. The summed E-state index contributed by atoms with van der Waals surface area (Å²) in [4.78, 5) is 15.4. The summed E-state index contributed by atoms with van der Waals surface area (Å²) in [7, 11) is 0. The highest BCUT2D eigenvalue weighted by molar-refractivity contribution is 7.80. The van der Waals surface area contributed by atoms with Crippen molar-refractivity contribution >= 4 is 34.6 Å². The number of rotatable bonds is 3. The Morgan fingerprint density at radius 1 is 1.16 bits per heavy atom. The summed E-state index contributed by atoms with van der Waals surface area (Å²) >= 11 is 5.18. The van der Waals surface area contributed by atoms with Crippen LogP contribution in [-0.4, -0.2) is 15.9 Å².